The van der Waals surface area contributed by atoms with Crippen LogP contribution in [-0.2, 0) is 12.2 Å². The summed E-state index contributed by atoms with van der Waals surface area (Å²) in [6.45, 7) is 2.15. The number of nitrogens with zero attached hydrogens (tertiary/aromatic N) is 4. The summed E-state index contributed by atoms with van der Waals surface area (Å²) in [4.78, 5) is 0. The number of thioether (sulfide) groups is 1. The topological polar surface area (TPSA) is 77.8 Å². The van der Waals surface area contributed by atoms with Crippen molar-refractivity contribution < 1.29 is 8.83 Å². The van der Waals surface area contributed by atoms with Gasteiger partial charge in [-0.2, -0.15) is 0 Å². The largest absolute Gasteiger partial charge is 0.420 e. The number of aromatic nitrogens is 4. The first-order valence-electron chi connectivity index (χ1n) is 8.66. The molecule has 0 aliphatic heterocycles. The van der Waals surface area contributed by atoms with E-state index in [1.807, 2.05) is 48.5 Å². The lowest BCUT2D eigenvalue weighted by Gasteiger charge is -2.08. The van der Waals surface area contributed by atoms with Crippen LogP contribution in [0.2, 0.25) is 0 Å². The molecule has 0 aliphatic carbocycles. The highest BCUT2D eigenvalue weighted by Gasteiger charge is 2.14. The maximum absolute atomic E-state index is 5.74. The molecule has 0 N–H and O–H groups in total. The molecule has 1 atom stereocenters. The van der Waals surface area contributed by atoms with Crippen molar-refractivity contribution in [2.24, 2.45) is 0 Å². The van der Waals surface area contributed by atoms with Crippen LogP contribution in [0, 0.1) is 0 Å². The van der Waals surface area contributed by atoms with Crippen LogP contribution in [0.3, 0.4) is 0 Å². The fourth-order valence-electron chi connectivity index (χ4n) is 2.67. The third-order valence-corrected chi connectivity index (χ3v) is 4.91. The molecule has 2 aromatic carbocycles. The van der Waals surface area contributed by atoms with Gasteiger partial charge in [-0.1, -0.05) is 67.2 Å². The maximum atomic E-state index is 5.74. The van der Waals surface area contributed by atoms with E-state index in [4.69, 9.17) is 8.83 Å². The van der Waals surface area contributed by atoms with Crippen LogP contribution in [-0.4, -0.2) is 20.4 Å². The second-order valence-corrected chi connectivity index (χ2v) is 7.06. The molecular weight excluding hydrogens is 360 g/mol. The van der Waals surface area contributed by atoms with E-state index in [-0.39, 0.29) is 0 Å². The Hall–Kier alpha value is -2.93. The fraction of sp³-hybridized carbons (Fsp3) is 0.200. The molecule has 6 nitrogen and oxygen atoms in total. The first-order chi connectivity index (χ1) is 13.3. The molecule has 4 aromatic rings. The quantitative estimate of drug-likeness (QED) is 0.429. The summed E-state index contributed by atoms with van der Waals surface area (Å²) in [5.41, 5.74) is 2.15. The number of benzene rings is 2. The van der Waals surface area contributed by atoms with Gasteiger partial charge in [0, 0.05) is 12.0 Å². The minimum Gasteiger partial charge on any atom is -0.420 e. The molecule has 0 spiro atoms. The van der Waals surface area contributed by atoms with Crippen molar-refractivity contribution in [1.82, 2.24) is 20.4 Å². The monoisotopic (exact) mass is 378 g/mol. The minimum absolute atomic E-state index is 0.314. The van der Waals surface area contributed by atoms with Gasteiger partial charge in [-0.3, -0.25) is 0 Å². The van der Waals surface area contributed by atoms with Gasteiger partial charge in [0.15, 0.2) is 0 Å². The molecule has 1 unspecified atom stereocenters. The highest BCUT2D eigenvalue weighted by atomic mass is 32.2. The predicted molar refractivity (Wildman–Crippen MR) is 102 cm³/mol. The van der Waals surface area contributed by atoms with Crippen LogP contribution in [0.4, 0.5) is 0 Å². The summed E-state index contributed by atoms with van der Waals surface area (Å²) in [5.74, 6) is 2.46. The van der Waals surface area contributed by atoms with Gasteiger partial charge >= 0.3 is 0 Å². The molecule has 4 rings (SSSR count). The first kappa shape index (κ1) is 17.5. The van der Waals surface area contributed by atoms with Gasteiger partial charge in [0.25, 0.3) is 5.22 Å². The molecule has 0 saturated carbocycles. The Morgan fingerprint density at radius 3 is 2.30 bits per heavy atom. The molecule has 2 aromatic heterocycles. The van der Waals surface area contributed by atoms with Gasteiger partial charge in [-0.15, -0.1) is 20.4 Å². The van der Waals surface area contributed by atoms with Crippen LogP contribution >= 0.6 is 11.8 Å². The zero-order chi connectivity index (χ0) is 18.5. The van der Waals surface area contributed by atoms with Crippen molar-refractivity contribution in [2.45, 2.75) is 30.2 Å². The van der Waals surface area contributed by atoms with Crippen LogP contribution in [0.1, 0.15) is 30.2 Å². The first-order valence-corrected chi connectivity index (χ1v) is 9.64. The summed E-state index contributed by atoms with van der Waals surface area (Å²) < 4.78 is 11.4. The normalized spacial score (nSPS) is 12.2. The Balaban J connectivity index is 1.34. The summed E-state index contributed by atoms with van der Waals surface area (Å²) in [5, 5.41) is 16.9. The lowest BCUT2D eigenvalue weighted by Crippen LogP contribution is -1.98. The van der Waals surface area contributed by atoms with E-state index in [2.05, 4.69) is 39.5 Å². The van der Waals surface area contributed by atoms with E-state index in [1.165, 1.54) is 17.3 Å². The second-order valence-electron chi connectivity index (χ2n) is 6.13. The summed E-state index contributed by atoms with van der Waals surface area (Å²) in [6, 6.07) is 20.0. The fourth-order valence-corrected chi connectivity index (χ4v) is 3.29. The van der Waals surface area contributed by atoms with Crippen LogP contribution in [0.25, 0.3) is 11.5 Å². The van der Waals surface area contributed by atoms with Crippen LogP contribution in [0.5, 0.6) is 0 Å². The van der Waals surface area contributed by atoms with Gasteiger partial charge in [0.05, 0.1) is 5.75 Å². The summed E-state index contributed by atoms with van der Waals surface area (Å²) >= 11 is 1.39. The number of hydrogen-bond acceptors (Lipinski definition) is 7. The molecular formula is C20H18N4O2S. The zero-order valence-corrected chi connectivity index (χ0v) is 15.6. The van der Waals surface area contributed by atoms with Gasteiger partial charge < -0.3 is 8.83 Å². The van der Waals surface area contributed by atoms with Crippen molar-refractivity contribution in [3.05, 3.63) is 78.0 Å². The van der Waals surface area contributed by atoms with Crippen LogP contribution < -0.4 is 0 Å². The van der Waals surface area contributed by atoms with E-state index in [0.29, 0.717) is 41.0 Å². The highest BCUT2D eigenvalue weighted by molar-refractivity contribution is 7.98. The molecule has 7 heteroatoms. The molecule has 27 heavy (non-hydrogen) atoms. The van der Waals surface area contributed by atoms with Gasteiger partial charge in [0.1, 0.15) is 0 Å². The van der Waals surface area contributed by atoms with E-state index in [9.17, 15) is 0 Å². The smallest absolute Gasteiger partial charge is 0.277 e. The van der Waals surface area contributed by atoms with E-state index < -0.39 is 0 Å². The van der Waals surface area contributed by atoms with Crippen LogP contribution in [0.15, 0.2) is 74.7 Å². The van der Waals surface area contributed by atoms with E-state index >= 15 is 0 Å². The van der Waals surface area contributed by atoms with Crippen molar-refractivity contribution >= 4 is 11.8 Å². The average molecular weight is 378 g/mol. The molecule has 0 amide bonds. The third-order valence-electron chi connectivity index (χ3n) is 4.10. The van der Waals surface area contributed by atoms with Crippen molar-refractivity contribution in [3.8, 4) is 11.5 Å². The van der Waals surface area contributed by atoms with Crippen molar-refractivity contribution in [3.63, 3.8) is 0 Å². The Morgan fingerprint density at radius 1 is 0.815 bits per heavy atom. The standard InChI is InChI=1S/C20H18N4O2S/c1-14(15-8-4-2-5-9-15)12-17-21-24-20(26-17)27-13-18-22-23-19(25-18)16-10-6-3-7-11-16/h2-11,14H,12-13H2,1H3. The second kappa shape index (κ2) is 8.18. The Bertz CT molecular complexity index is 985. The molecule has 0 saturated heterocycles. The Morgan fingerprint density at radius 2 is 1.52 bits per heavy atom. The average Bonchev–Trinajstić information content (AvgIpc) is 3.37. The molecule has 136 valence electrons. The molecule has 0 bridgehead atoms. The van der Waals surface area contributed by atoms with Gasteiger partial charge in [-0.05, 0) is 23.6 Å². The molecule has 0 aliphatic rings. The zero-order valence-electron chi connectivity index (χ0n) is 14.8. The maximum Gasteiger partial charge on any atom is 0.277 e. The van der Waals surface area contributed by atoms with E-state index in [0.717, 1.165) is 5.56 Å². The number of rotatable bonds is 7. The third kappa shape index (κ3) is 4.43. The highest BCUT2D eigenvalue weighted by Crippen LogP contribution is 2.25. The van der Waals surface area contributed by atoms with Crippen molar-refractivity contribution in [1.29, 1.82) is 0 Å². The predicted octanol–water partition coefficient (Wildman–Crippen LogP) is 4.76. The summed E-state index contributed by atoms with van der Waals surface area (Å²) in [6.07, 6.45) is 0.705. The van der Waals surface area contributed by atoms with Crippen molar-refractivity contribution in [2.75, 3.05) is 0 Å². The number of hydrogen-bond donors (Lipinski definition) is 0. The van der Waals surface area contributed by atoms with E-state index in [1.54, 1.807) is 0 Å². The molecule has 0 radical (unpaired) electrons. The van der Waals surface area contributed by atoms with Gasteiger partial charge in [0.2, 0.25) is 17.7 Å². The Labute approximate surface area is 161 Å². The molecule has 0 fully saturated rings. The lowest BCUT2D eigenvalue weighted by molar-refractivity contribution is 0.404. The summed E-state index contributed by atoms with van der Waals surface area (Å²) in [7, 11) is 0. The lowest BCUT2D eigenvalue weighted by atomic mass is 9.98. The van der Waals surface area contributed by atoms with Gasteiger partial charge in [-0.25, -0.2) is 0 Å². The molecule has 2 heterocycles. The Kier molecular flexibility index (Phi) is 5.29. The minimum atomic E-state index is 0.314. The SMILES string of the molecule is CC(Cc1nnc(SCc2nnc(-c3ccccc3)o2)o1)c1ccccc1.